The van der Waals surface area contributed by atoms with Gasteiger partial charge in [-0.25, -0.2) is 0 Å². The molecule has 0 saturated heterocycles. The molecule has 0 aliphatic heterocycles. The molecular formula is C8H15IO2. The van der Waals surface area contributed by atoms with Gasteiger partial charge >= 0.3 is 22.0 Å². The van der Waals surface area contributed by atoms with Gasteiger partial charge in [0.2, 0.25) is 0 Å². The molecule has 0 heterocycles. The van der Waals surface area contributed by atoms with Crippen LogP contribution in [0.25, 0.3) is 0 Å². The summed E-state index contributed by atoms with van der Waals surface area (Å²) < 4.78 is 15.4. The Labute approximate surface area is 79.7 Å². The zero-order valence-electron chi connectivity index (χ0n) is 6.88. The van der Waals surface area contributed by atoms with E-state index in [2.05, 4.69) is 6.92 Å². The standard InChI is InChI=1S/C8H15IO2/c1-2-7-3-5-8(6-4-7)11-9-10/h7-8H,2-6H2,1H3. The summed E-state index contributed by atoms with van der Waals surface area (Å²) >= 11 is -1.19. The smallest absolute Gasteiger partial charge is 0.453 e. The summed E-state index contributed by atoms with van der Waals surface area (Å²) in [6, 6.07) is 0. The molecule has 0 aromatic carbocycles. The van der Waals surface area contributed by atoms with Crippen LogP contribution < -0.4 is 25.5 Å². The van der Waals surface area contributed by atoms with Gasteiger partial charge in [-0.1, -0.05) is 13.3 Å². The molecule has 0 atom stereocenters. The first-order chi connectivity index (χ1) is 5.36. The van der Waals surface area contributed by atoms with Crippen molar-refractivity contribution in [2.45, 2.75) is 45.1 Å². The normalized spacial score (nSPS) is 32.2. The Balaban J connectivity index is 2.14. The minimum absolute atomic E-state index is 0.322. The van der Waals surface area contributed by atoms with Gasteiger partial charge in [0.05, 0.1) is 0 Å². The fourth-order valence-electron chi connectivity index (χ4n) is 1.68. The highest BCUT2D eigenvalue weighted by molar-refractivity contribution is 4.70. The lowest BCUT2D eigenvalue weighted by Gasteiger charge is -2.23. The molecule has 0 amide bonds. The molecule has 3 heteroatoms. The van der Waals surface area contributed by atoms with Crippen LogP contribution in [-0.2, 0) is 3.07 Å². The molecule has 1 aliphatic carbocycles. The van der Waals surface area contributed by atoms with E-state index in [1.165, 1.54) is 19.3 Å². The van der Waals surface area contributed by atoms with E-state index in [-0.39, 0.29) is 0 Å². The van der Waals surface area contributed by atoms with E-state index in [1.807, 2.05) is 0 Å². The first-order valence-electron chi connectivity index (χ1n) is 4.29. The quantitative estimate of drug-likeness (QED) is 0.570. The Morgan fingerprint density at radius 3 is 2.45 bits per heavy atom. The van der Waals surface area contributed by atoms with Crippen LogP contribution in [0.5, 0.6) is 0 Å². The minimum atomic E-state index is -1.19. The molecule has 1 fully saturated rings. The number of halogens is 1. The van der Waals surface area contributed by atoms with Gasteiger partial charge in [-0.05, 0) is 31.6 Å². The first kappa shape index (κ1) is 9.74. The molecule has 0 spiro atoms. The first-order valence-corrected chi connectivity index (χ1v) is 6.05. The summed E-state index contributed by atoms with van der Waals surface area (Å²) in [5, 5.41) is 0. The maximum atomic E-state index is 10.2. The van der Waals surface area contributed by atoms with Crippen molar-refractivity contribution < 1.29 is 28.5 Å². The van der Waals surface area contributed by atoms with E-state index in [0.29, 0.717) is 6.10 Å². The molecular weight excluding hydrogens is 255 g/mol. The third kappa shape index (κ3) is 3.25. The Kier molecular flexibility index (Phi) is 4.71. The summed E-state index contributed by atoms with van der Waals surface area (Å²) in [5.41, 5.74) is 0. The van der Waals surface area contributed by atoms with E-state index in [1.54, 1.807) is 0 Å². The second-order valence-corrected chi connectivity index (χ2v) is 4.07. The molecule has 11 heavy (non-hydrogen) atoms. The molecule has 1 aliphatic rings. The minimum Gasteiger partial charge on any atom is -0.567 e. The van der Waals surface area contributed by atoms with E-state index in [0.717, 1.165) is 18.8 Å². The van der Waals surface area contributed by atoms with Crippen molar-refractivity contribution in [3.8, 4) is 0 Å². The van der Waals surface area contributed by atoms with Crippen molar-refractivity contribution in [1.82, 2.24) is 0 Å². The fraction of sp³-hybridized carbons (Fsp3) is 1.00. The Hall–Kier alpha value is 0.650. The van der Waals surface area contributed by atoms with Gasteiger partial charge in [-0.15, -0.1) is 3.07 Å². The zero-order chi connectivity index (χ0) is 8.10. The Morgan fingerprint density at radius 2 is 2.00 bits per heavy atom. The van der Waals surface area contributed by atoms with Crippen molar-refractivity contribution in [2.75, 3.05) is 0 Å². The van der Waals surface area contributed by atoms with Crippen molar-refractivity contribution >= 4 is 0 Å². The molecule has 1 rings (SSSR count). The highest BCUT2D eigenvalue weighted by Gasteiger charge is 2.23. The van der Waals surface area contributed by atoms with Crippen LogP contribution in [0.2, 0.25) is 0 Å². The molecule has 0 aromatic heterocycles. The summed E-state index contributed by atoms with van der Waals surface area (Å²) in [7, 11) is 0. The van der Waals surface area contributed by atoms with Gasteiger partial charge in [0, 0.05) is 0 Å². The predicted octanol–water partition coefficient (Wildman–Crippen LogP) is -1.75. The van der Waals surface area contributed by atoms with E-state index in [4.69, 9.17) is 3.07 Å². The summed E-state index contributed by atoms with van der Waals surface area (Å²) in [6.07, 6.45) is 6.40. The largest absolute Gasteiger partial charge is 0.567 e. The zero-order valence-corrected chi connectivity index (χ0v) is 9.04. The van der Waals surface area contributed by atoms with E-state index < -0.39 is 22.0 Å². The third-order valence-corrected chi connectivity index (χ3v) is 3.46. The maximum absolute atomic E-state index is 10.2. The van der Waals surface area contributed by atoms with Crippen molar-refractivity contribution in [2.24, 2.45) is 5.92 Å². The van der Waals surface area contributed by atoms with Crippen LogP contribution in [0.4, 0.5) is 0 Å². The van der Waals surface area contributed by atoms with Crippen molar-refractivity contribution in [1.29, 1.82) is 0 Å². The number of hydrogen-bond donors (Lipinski definition) is 0. The van der Waals surface area contributed by atoms with E-state index >= 15 is 0 Å². The van der Waals surface area contributed by atoms with Gasteiger partial charge in [0.1, 0.15) is 6.10 Å². The van der Waals surface area contributed by atoms with Crippen LogP contribution >= 0.6 is 0 Å². The highest BCUT2D eigenvalue weighted by Crippen LogP contribution is 2.26. The molecule has 0 unspecified atom stereocenters. The predicted molar refractivity (Wildman–Crippen MR) is 37.1 cm³/mol. The summed E-state index contributed by atoms with van der Waals surface area (Å²) in [5.74, 6) is 0.903. The van der Waals surface area contributed by atoms with Gasteiger partial charge in [0.15, 0.2) is 0 Å². The topological polar surface area (TPSA) is 32.3 Å². The lowest BCUT2D eigenvalue weighted by molar-refractivity contribution is -1.27. The van der Waals surface area contributed by atoms with Crippen LogP contribution in [0.1, 0.15) is 39.0 Å². The van der Waals surface area contributed by atoms with E-state index in [9.17, 15) is 3.44 Å². The lowest BCUT2D eigenvalue weighted by atomic mass is 9.86. The Morgan fingerprint density at radius 1 is 1.36 bits per heavy atom. The summed E-state index contributed by atoms with van der Waals surface area (Å²) in [6.45, 7) is 2.24. The molecule has 0 bridgehead atoms. The Bertz CT molecular complexity index is 100. The molecule has 66 valence electrons. The summed E-state index contributed by atoms with van der Waals surface area (Å²) in [4.78, 5) is 0. The van der Waals surface area contributed by atoms with Crippen LogP contribution in [0.15, 0.2) is 0 Å². The molecule has 0 N–H and O–H groups in total. The molecule has 2 nitrogen and oxygen atoms in total. The fourth-order valence-corrected chi connectivity index (χ4v) is 2.48. The highest BCUT2D eigenvalue weighted by atomic mass is 127. The lowest BCUT2D eigenvalue weighted by Crippen LogP contribution is -3.70. The molecule has 1 saturated carbocycles. The van der Waals surface area contributed by atoms with Crippen molar-refractivity contribution in [3.63, 3.8) is 0 Å². The van der Waals surface area contributed by atoms with Crippen LogP contribution in [-0.4, -0.2) is 6.10 Å². The second kappa shape index (κ2) is 5.32. The van der Waals surface area contributed by atoms with Crippen molar-refractivity contribution in [3.05, 3.63) is 0 Å². The second-order valence-electron chi connectivity index (χ2n) is 3.20. The monoisotopic (exact) mass is 270 g/mol. The number of rotatable bonds is 3. The maximum Gasteiger partial charge on any atom is 0.453 e. The average Bonchev–Trinajstić information content (AvgIpc) is 2.07. The van der Waals surface area contributed by atoms with Gasteiger partial charge in [0.25, 0.3) is 0 Å². The van der Waals surface area contributed by atoms with Crippen LogP contribution in [0, 0.1) is 5.92 Å². The molecule has 0 aromatic rings. The van der Waals surface area contributed by atoms with Gasteiger partial charge < -0.3 is 3.44 Å². The third-order valence-electron chi connectivity index (χ3n) is 2.53. The number of hydrogen-bond acceptors (Lipinski definition) is 2. The average molecular weight is 270 g/mol. The van der Waals surface area contributed by atoms with Gasteiger partial charge in [-0.3, -0.25) is 0 Å². The SMILES string of the molecule is CCC1CCC(O[I+][O-])CC1. The van der Waals surface area contributed by atoms with Gasteiger partial charge in [-0.2, -0.15) is 0 Å². The van der Waals surface area contributed by atoms with Crippen LogP contribution in [0.3, 0.4) is 0 Å². The molecule has 0 radical (unpaired) electrons.